The molecule has 0 radical (unpaired) electrons. The second-order valence-corrected chi connectivity index (χ2v) is 6.61. The number of hydrogen-bond donors (Lipinski definition) is 3. The number of amides is 1. The predicted molar refractivity (Wildman–Crippen MR) is 110 cm³/mol. The van der Waals surface area contributed by atoms with Gasteiger partial charge in [-0.25, -0.2) is 9.59 Å². The van der Waals surface area contributed by atoms with E-state index in [1.165, 1.54) is 7.11 Å². The summed E-state index contributed by atoms with van der Waals surface area (Å²) in [5, 5.41) is 14.7. The molecule has 8 nitrogen and oxygen atoms in total. The van der Waals surface area contributed by atoms with Gasteiger partial charge in [0, 0.05) is 0 Å². The molecule has 0 heterocycles. The Balaban J connectivity index is 1.83. The highest BCUT2D eigenvalue weighted by atomic mass is 16.5. The average Bonchev–Trinajstić information content (AvgIpc) is 2.77. The van der Waals surface area contributed by atoms with E-state index in [0.29, 0.717) is 6.42 Å². The minimum Gasteiger partial charge on any atom is -0.480 e. The van der Waals surface area contributed by atoms with E-state index < -0.39 is 30.1 Å². The Kier molecular flexibility index (Phi) is 9.33. The molecule has 3 N–H and O–H groups in total. The van der Waals surface area contributed by atoms with Crippen LogP contribution >= 0.6 is 0 Å². The standard InChI is InChI=1S/C22H26N2O6/c1-29-21(27)19(14-16-8-4-2-5-9-16)23-13-12-18(20(25)26)24-22(28)30-15-17-10-6-3-7-11-17/h2-11,18-19,23H,12-15H2,1H3,(H,24,28)(H,25,26)/t18-,19-/m0/s1. The summed E-state index contributed by atoms with van der Waals surface area (Å²) >= 11 is 0. The fourth-order valence-corrected chi connectivity index (χ4v) is 2.80. The zero-order valence-corrected chi connectivity index (χ0v) is 16.7. The van der Waals surface area contributed by atoms with Crippen LogP contribution in [0, 0.1) is 0 Å². The van der Waals surface area contributed by atoms with Crippen LogP contribution in [0.3, 0.4) is 0 Å². The lowest BCUT2D eigenvalue weighted by Crippen LogP contribution is -2.45. The molecule has 0 aliphatic heterocycles. The minimum absolute atomic E-state index is 0.0404. The van der Waals surface area contributed by atoms with Crippen LogP contribution in [0.15, 0.2) is 60.7 Å². The molecule has 0 aliphatic rings. The molecule has 0 spiro atoms. The van der Waals surface area contributed by atoms with Gasteiger partial charge in [-0.2, -0.15) is 0 Å². The molecular weight excluding hydrogens is 388 g/mol. The molecule has 0 unspecified atom stereocenters. The first kappa shape index (κ1) is 22.9. The molecule has 0 saturated carbocycles. The van der Waals surface area contributed by atoms with E-state index in [0.717, 1.165) is 11.1 Å². The summed E-state index contributed by atoms with van der Waals surface area (Å²) in [5.41, 5.74) is 1.74. The van der Waals surface area contributed by atoms with Gasteiger partial charge in [0.2, 0.25) is 0 Å². The van der Waals surface area contributed by atoms with Crippen LogP contribution in [-0.2, 0) is 32.1 Å². The third-order valence-corrected chi connectivity index (χ3v) is 4.40. The van der Waals surface area contributed by atoms with Crippen LogP contribution < -0.4 is 10.6 Å². The molecule has 0 aliphatic carbocycles. The number of benzene rings is 2. The molecule has 1 amide bonds. The van der Waals surface area contributed by atoms with Crippen LogP contribution in [0.1, 0.15) is 17.5 Å². The Labute approximate surface area is 175 Å². The fraction of sp³-hybridized carbons (Fsp3) is 0.318. The minimum atomic E-state index is -1.19. The Morgan fingerprint density at radius 3 is 2.10 bits per heavy atom. The van der Waals surface area contributed by atoms with Crippen molar-refractivity contribution < 1.29 is 29.0 Å². The van der Waals surface area contributed by atoms with Gasteiger partial charge in [0.15, 0.2) is 0 Å². The number of carbonyl (C=O) groups excluding carboxylic acids is 2. The first-order valence-electron chi connectivity index (χ1n) is 9.54. The van der Waals surface area contributed by atoms with Gasteiger partial charge in [-0.05, 0) is 30.5 Å². The van der Waals surface area contributed by atoms with Gasteiger partial charge >= 0.3 is 18.0 Å². The topological polar surface area (TPSA) is 114 Å². The smallest absolute Gasteiger partial charge is 0.408 e. The third-order valence-electron chi connectivity index (χ3n) is 4.40. The molecule has 160 valence electrons. The second kappa shape index (κ2) is 12.2. The van der Waals surface area contributed by atoms with Crippen molar-refractivity contribution in [2.75, 3.05) is 13.7 Å². The van der Waals surface area contributed by atoms with E-state index >= 15 is 0 Å². The van der Waals surface area contributed by atoms with Crippen LogP contribution in [0.4, 0.5) is 4.79 Å². The second-order valence-electron chi connectivity index (χ2n) is 6.61. The lowest BCUT2D eigenvalue weighted by molar-refractivity contribution is -0.143. The fourth-order valence-electron chi connectivity index (χ4n) is 2.80. The Bertz CT molecular complexity index is 813. The molecule has 2 aromatic carbocycles. The molecule has 30 heavy (non-hydrogen) atoms. The van der Waals surface area contributed by atoms with Gasteiger partial charge in [-0.1, -0.05) is 60.7 Å². The number of carboxylic acid groups (broad SMARTS) is 1. The van der Waals surface area contributed by atoms with Gasteiger partial charge in [-0.15, -0.1) is 0 Å². The zero-order valence-electron chi connectivity index (χ0n) is 16.7. The summed E-state index contributed by atoms with van der Waals surface area (Å²) in [6.45, 7) is 0.223. The summed E-state index contributed by atoms with van der Waals surface area (Å²) < 4.78 is 9.88. The van der Waals surface area contributed by atoms with Crippen molar-refractivity contribution in [3.63, 3.8) is 0 Å². The lowest BCUT2D eigenvalue weighted by atomic mass is 10.1. The first-order chi connectivity index (χ1) is 14.5. The van der Waals surface area contributed by atoms with E-state index in [-0.39, 0.29) is 19.6 Å². The number of methoxy groups -OCH3 is 1. The first-order valence-corrected chi connectivity index (χ1v) is 9.54. The van der Waals surface area contributed by atoms with Gasteiger partial charge in [-0.3, -0.25) is 4.79 Å². The SMILES string of the molecule is COC(=O)[C@H](Cc1ccccc1)NCC[C@H](NC(=O)OCc1ccccc1)C(=O)O. The van der Waals surface area contributed by atoms with Gasteiger partial charge in [0.1, 0.15) is 18.7 Å². The Hall–Kier alpha value is -3.39. The third kappa shape index (κ3) is 7.92. The van der Waals surface area contributed by atoms with Crippen LogP contribution in [-0.4, -0.2) is 48.9 Å². The quantitative estimate of drug-likeness (QED) is 0.483. The van der Waals surface area contributed by atoms with E-state index in [1.54, 1.807) is 12.1 Å². The van der Waals surface area contributed by atoms with E-state index in [4.69, 9.17) is 9.47 Å². The number of aliphatic carboxylic acids is 1. The van der Waals surface area contributed by atoms with E-state index in [9.17, 15) is 19.5 Å². The number of hydrogen-bond acceptors (Lipinski definition) is 6. The molecular formula is C22H26N2O6. The molecule has 2 rings (SSSR count). The maximum Gasteiger partial charge on any atom is 0.408 e. The predicted octanol–water partition coefficient (Wildman–Crippen LogP) is 2.13. The Morgan fingerprint density at radius 2 is 1.53 bits per heavy atom. The number of rotatable bonds is 11. The summed E-state index contributed by atoms with van der Waals surface area (Å²) in [6.07, 6.45) is -0.351. The Morgan fingerprint density at radius 1 is 0.933 bits per heavy atom. The van der Waals surface area contributed by atoms with Crippen molar-refractivity contribution in [2.45, 2.75) is 31.5 Å². The highest BCUT2D eigenvalue weighted by Crippen LogP contribution is 2.05. The summed E-state index contributed by atoms with van der Waals surface area (Å²) in [5.74, 6) is -1.63. The van der Waals surface area contributed by atoms with E-state index in [1.807, 2.05) is 48.5 Å². The number of nitrogens with one attached hydrogen (secondary N) is 2. The normalized spacial score (nSPS) is 12.4. The largest absolute Gasteiger partial charge is 0.480 e. The summed E-state index contributed by atoms with van der Waals surface area (Å²) in [4.78, 5) is 35.4. The van der Waals surface area contributed by atoms with Gasteiger partial charge in [0.05, 0.1) is 7.11 Å². The van der Waals surface area contributed by atoms with Gasteiger partial charge in [0.25, 0.3) is 0 Å². The molecule has 0 fully saturated rings. The van der Waals surface area contributed by atoms with Crippen LogP contribution in [0.5, 0.6) is 0 Å². The summed E-state index contributed by atoms with van der Waals surface area (Å²) in [6, 6.07) is 16.7. The molecule has 0 bridgehead atoms. The number of esters is 1. The highest BCUT2D eigenvalue weighted by Gasteiger charge is 2.23. The maximum absolute atomic E-state index is 12.0. The van der Waals surface area contributed by atoms with Crippen molar-refractivity contribution in [3.05, 3.63) is 71.8 Å². The van der Waals surface area contributed by atoms with Crippen LogP contribution in [0.25, 0.3) is 0 Å². The van der Waals surface area contributed by atoms with Gasteiger partial charge < -0.3 is 25.2 Å². The zero-order chi connectivity index (χ0) is 21.8. The average molecular weight is 414 g/mol. The molecule has 2 atom stereocenters. The number of carbonyl (C=O) groups is 3. The van der Waals surface area contributed by atoms with E-state index in [2.05, 4.69) is 10.6 Å². The van der Waals surface area contributed by atoms with Crippen molar-refractivity contribution in [2.24, 2.45) is 0 Å². The van der Waals surface area contributed by atoms with Crippen molar-refractivity contribution in [1.29, 1.82) is 0 Å². The summed E-state index contributed by atoms with van der Waals surface area (Å²) in [7, 11) is 1.30. The van der Waals surface area contributed by atoms with Crippen molar-refractivity contribution >= 4 is 18.0 Å². The van der Waals surface area contributed by atoms with Crippen molar-refractivity contribution in [3.8, 4) is 0 Å². The highest BCUT2D eigenvalue weighted by molar-refractivity contribution is 5.80. The molecule has 2 aromatic rings. The molecule has 8 heteroatoms. The van der Waals surface area contributed by atoms with Crippen molar-refractivity contribution in [1.82, 2.24) is 10.6 Å². The maximum atomic E-state index is 12.0. The molecule has 0 saturated heterocycles. The number of carboxylic acids is 1. The number of alkyl carbamates (subject to hydrolysis) is 1. The monoisotopic (exact) mass is 414 g/mol. The van der Waals surface area contributed by atoms with Crippen LogP contribution in [0.2, 0.25) is 0 Å². The lowest BCUT2D eigenvalue weighted by Gasteiger charge is -2.19. The molecule has 0 aromatic heterocycles. The number of ether oxygens (including phenoxy) is 2.